The second-order valence-electron chi connectivity index (χ2n) is 11.4. The van der Waals surface area contributed by atoms with Crippen molar-refractivity contribution in [2.75, 3.05) is 0 Å². The number of hydrogen-bond acceptors (Lipinski definition) is 5. The molecule has 3 unspecified atom stereocenters. The van der Waals surface area contributed by atoms with Crippen LogP contribution in [0.15, 0.2) is 0 Å². The molecule has 0 radical (unpaired) electrons. The molecule has 0 spiro atoms. The van der Waals surface area contributed by atoms with Gasteiger partial charge in [0, 0.05) is 6.42 Å². The van der Waals surface area contributed by atoms with Gasteiger partial charge in [0.1, 0.15) is 0 Å². The highest BCUT2D eigenvalue weighted by Gasteiger charge is 2.65. The van der Waals surface area contributed by atoms with Crippen molar-refractivity contribution in [2.45, 2.75) is 96.9 Å². The van der Waals surface area contributed by atoms with Gasteiger partial charge < -0.3 is 26.6 Å². The van der Waals surface area contributed by atoms with Gasteiger partial charge >= 0.3 is 5.97 Å². The fourth-order valence-corrected chi connectivity index (χ4v) is 8.68. The number of rotatable bonds is 4. The van der Waals surface area contributed by atoms with Crippen LogP contribution in [0, 0.1) is 46.3 Å². The van der Waals surface area contributed by atoms with E-state index in [-0.39, 0.29) is 47.4 Å². The molecule has 4 fully saturated rings. The molecular weight excluding hydrogens is 382 g/mol. The average Bonchev–Trinajstić information content (AvgIpc) is 3.01. The quantitative estimate of drug-likeness (QED) is 0.467. The first-order valence-corrected chi connectivity index (χ1v) is 11.8. The summed E-state index contributed by atoms with van der Waals surface area (Å²) in [6.07, 6.45) is 6.00. The van der Waals surface area contributed by atoms with Crippen LogP contribution in [0.1, 0.15) is 78.6 Å². The molecule has 11 atom stereocenters. The Labute approximate surface area is 181 Å². The topological polar surface area (TPSA) is 133 Å². The maximum Gasteiger partial charge on any atom is 0.303 e. The summed E-state index contributed by atoms with van der Waals surface area (Å²) in [5.41, 5.74) is -0.143. The van der Waals surface area contributed by atoms with E-state index in [0.29, 0.717) is 30.1 Å². The number of hydrogen-bond donors (Lipinski definition) is 5. The molecule has 0 heterocycles. The summed E-state index contributed by atoms with van der Waals surface area (Å²) in [5.74, 6) is 0.997. The predicted octanol–water partition coefficient (Wildman–Crippen LogP) is 3.61. The monoisotopic (exact) mass is 425 g/mol. The standard InChI is InChI=1S/C24H40O5.H3N/c1-13(4-7-21(28)29)16-5-6-17-22-18(12-20(27)24(16,17)3)23(2)9-8-15(25)10-14(23)11-19(22)26;/h13-20,22,25-27H,4-12H2,1-3H3,(H,28,29);1H3/t13-,14+,15-,16-,17?,18?,19-,20+,22?,23+,24-;/m1./s1. The normalized spacial score (nSPS) is 51.1. The SMILES string of the molecule is C[C@H](CCC(=O)O)[C@H]1CCC2C3C(C[C@H](O)[C@@]21C)[C@@]1(C)CC[C@@H](O)C[C@H]1C[C@H]3O.N. The van der Waals surface area contributed by atoms with Crippen LogP contribution in [-0.4, -0.2) is 44.7 Å². The second kappa shape index (κ2) is 8.34. The van der Waals surface area contributed by atoms with Crippen molar-refractivity contribution in [3.05, 3.63) is 0 Å². The summed E-state index contributed by atoms with van der Waals surface area (Å²) in [4.78, 5) is 11.1. The molecule has 0 aromatic carbocycles. The molecule has 4 saturated carbocycles. The van der Waals surface area contributed by atoms with E-state index in [1.54, 1.807) is 0 Å². The van der Waals surface area contributed by atoms with Crippen molar-refractivity contribution < 1.29 is 25.2 Å². The largest absolute Gasteiger partial charge is 0.481 e. The number of carboxylic acid groups (broad SMARTS) is 1. The fourth-order valence-electron chi connectivity index (χ4n) is 8.68. The van der Waals surface area contributed by atoms with Crippen LogP contribution in [0.2, 0.25) is 0 Å². The Morgan fingerprint density at radius 1 is 1.03 bits per heavy atom. The van der Waals surface area contributed by atoms with Crippen molar-refractivity contribution in [2.24, 2.45) is 46.3 Å². The molecule has 6 heteroatoms. The minimum atomic E-state index is -0.748. The van der Waals surface area contributed by atoms with E-state index in [1.165, 1.54) is 0 Å². The zero-order valence-electron chi connectivity index (χ0n) is 19.0. The van der Waals surface area contributed by atoms with E-state index in [0.717, 1.165) is 44.9 Å². The summed E-state index contributed by atoms with van der Waals surface area (Å²) in [6, 6.07) is 0. The Bertz CT molecular complexity index is 643. The Balaban J connectivity index is 0.00000256. The van der Waals surface area contributed by atoms with Crippen LogP contribution in [0.25, 0.3) is 0 Å². The zero-order valence-corrected chi connectivity index (χ0v) is 19.0. The highest BCUT2D eigenvalue weighted by Crippen LogP contribution is 2.68. The summed E-state index contributed by atoms with van der Waals surface area (Å²) in [6.45, 7) is 6.72. The van der Waals surface area contributed by atoms with Crippen LogP contribution >= 0.6 is 0 Å². The maximum absolute atomic E-state index is 11.5. The van der Waals surface area contributed by atoms with E-state index in [2.05, 4.69) is 20.8 Å². The van der Waals surface area contributed by atoms with Gasteiger partial charge in [-0.1, -0.05) is 20.8 Å². The first-order valence-electron chi connectivity index (χ1n) is 11.8. The van der Waals surface area contributed by atoms with Crippen LogP contribution in [0.5, 0.6) is 0 Å². The number of aliphatic hydroxyl groups excluding tert-OH is 3. The summed E-state index contributed by atoms with van der Waals surface area (Å²) in [5, 5.41) is 42.0. The van der Waals surface area contributed by atoms with Gasteiger partial charge in [0.2, 0.25) is 0 Å². The molecule has 0 aliphatic heterocycles. The number of carbonyl (C=O) groups is 1. The number of fused-ring (bicyclic) bond motifs is 5. The average molecular weight is 426 g/mol. The molecular formula is C24H43NO5. The molecule has 4 aliphatic carbocycles. The summed E-state index contributed by atoms with van der Waals surface area (Å²) in [7, 11) is 0. The van der Waals surface area contributed by atoms with Gasteiger partial charge in [0.15, 0.2) is 0 Å². The van der Waals surface area contributed by atoms with Gasteiger partial charge in [-0.15, -0.1) is 0 Å². The molecule has 174 valence electrons. The number of aliphatic carboxylic acids is 1. The van der Waals surface area contributed by atoms with Gasteiger partial charge in [0.05, 0.1) is 18.3 Å². The third kappa shape index (κ3) is 3.52. The molecule has 7 N–H and O–H groups in total. The zero-order chi connectivity index (χ0) is 21.1. The molecule has 0 aromatic rings. The van der Waals surface area contributed by atoms with Crippen LogP contribution < -0.4 is 6.15 Å². The lowest BCUT2D eigenvalue weighted by Gasteiger charge is -2.63. The van der Waals surface area contributed by atoms with E-state index in [1.807, 2.05) is 0 Å². The molecule has 0 bridgehead atoms. The molecule has 30 heavy (non-hydrogen) atoms. The van der Waals surface area contributed by atoms with Gasteiger partial charge in [0.25, 0.3) is 0 Å². The number of carboxylic acids is 1. The third-order valence-corrected chi connectivity index (χ3v) is 10.3. The highest BCUT2D eigenvalue weighted by atomic mass is 16.4. The Morgan fingerprint density at radius 3 is 2.40 bits per heavy atom. The molecule has 6 nitrogen and oxygen atoms in total. The van der Waals surface area contributed by atoms with Crippen molar-refractivity contribution in [3.8, 4) is 0 Å². The molecule has 0 aromatic heterocycles. The maximum atomic E-state index is 11.5. The lowest BCUT2D eigenvalue weighted by atomic mass is 9.43. The van der Waals surface area contributed by atoms with Crippen molar-refractivity contribution >= 4 is 5.97 Å². The Morgan fingerprint density at radius 2 is 1.73 bits per heavy atom. The van der Waals surface area contributed by atoms with Crippen molar-refractivity contribution in [1.29, 1.82) is 0 Å². The summed E-state index contributed by atoms with van der Waals surface area (Å²) >= 11 is 0. The summed E-state index contributed by atoms with van der Waals surface area (Å²) < 4.78 is 0. The molecule has 4 aliphatic rings. The van der Waals surface area contributed by atoms with E-state index in [9.17, 15) is 20.1 Å². The first kappa shape index (κ1) is 24.0. The Kier molecular flexibility index (Phi) is 6.66. The van der Waals surface area contributed by atoms with Gasteiger partial charge in [-0.25, -0.2) is 0 Å². The van der Waals surface area contributed by atoms with Gasteiger partial charge in [-0.3, -0.25) is 4.79 Å². The predicted molar refractivity (Wildman–Crippen MR) is 115 cm³/mol. The molecule has 4 rings (SSSR count). The lowest BCUT2D eigenvalue weighted by molar-refractivity contribution is -0.207. The van der Waals surface area contributed by atoms with Gasteiger partial charge in [-0.05, 0) is 97.7 Å². The highest BCUT2D eigenvalue weighted by molar-refractivity contribution is 5.66. The van der Waals surface area contributed by atoms with Crippen LogP contribution in [0.3, 0.4) is 0 Å². The van der Waals surface area contributed by atoms with E-state index in [4.69, 9.17) is 5.11 Å². The minimum absolute atomic E-state index is 0. The van der Waals surface area contributed by atoms with E-state index >= 15 is 0 Å². The second-order valence-corrected chi connectivity index (χ2v) is 11.4. The smallest absolute Gasteiger partial charge is 0.303 e. The van der Waals surface area contributed by atoms with Gasteiger partial charge in [-0.2, -0.15) is 0 Å². The lowest BCUT2D eigenvalue weighted by Crippen LogP contribution is -2.62. The van der Waals surface area contributed by atoms with Crippen LogP contribution in [0.4, 0.5) is 0 Å². The Hall–Kier alpha value is -0.690. The fraction of sp³-hybridized carbons (Fsp3) is 0.958. The third-order valence-electron chi connectivity index (χ3n) is 10.3. The number of aliphatic hydroxyl groups is 3. The van der Waals surface area contributed by atoms with Crippen molar-refractivity contribution in [1.82, 2.24) is 6.15 Å². The molecule has 0 saturated heterocycles. The minimum Gasteiger partial charge on any atom is -0.481 e. The first-order chi connectivity index (χ1) is 13.6. The van der Waals surface area contributed by atoms with Crippen LogP contribution in [-0.2, 0) is 4.79 Å². The molecule has 0 amide bonds. The van der Waals surface area contributed by atoms with Crippen molar-refractivity contribution in [3.63, 3.8) is 0 Å². The van der Waals surface area contributed by atoms with E-state index < -0.39 is 12.1 Å².